The minimum Gasteiger partial charge on any atom is -0.325 e. The standard InChI is InChI=1S/C22H21ClN2O3/c23-16-7-9-17(10-8-16)24-20(26)13-25-21(27)18-11-6-15(12-19(18)22(25)28)14-4-2-1-3-5-14/h1-5,7-10,15,18-19H,6,11-13H2,(H,24,26)/t15-,18+,19-/m0/s1. The fourth-order valence-electron chi connectivity index (χ4n) is 4.31. The lowest BCUT2D eigenvalue weighted by Crippen LogP contribution is -2.38. The Morgan fingerprint density at radius 1 is 0.964 bits per heavy atom. The third-order valence-corrected chi connectivity index (χ3v) is 5.97. The van der Waals surface area contributed by atoms with Crippen LogP contribution in [0.4, 0.5) is 5.69 Å². The van der Waals surface area contributed by atoms with Crippen molar-refractivity contribution in [2.45, 2.75) is 25.2 Å². The third-order valence-electron chi connectivity index (χ3n) is 5.72. The molecule has 2 fully saturated rings. The van der Waals surface area contributed by atoms with E-state index >= 15 is 0 Å². The largest absolute Gasteiger partial charge is 0.325 e. The second-order valence-electron chi connectivity index (χ2n) is 7.45. The van der Waals surface area contributed by atoms with Gasteiger partial charge in [-0.25, -0.2) is 0 Å². The molecule has 1 N–H and O–H groups in total. The van der Waals surface area contributed by atoms with Crippen molar-refractivity contribution in [3.05, 3.63) is 65.2 Å². The minimum atomic E-state index is -0.387. The van der Waals surface area contributed by atoms with Crippen molar-refractivity contribution < 1.29 is 14.4 Å². The smallest absolute Gasteiger partial charge is 0.244 e. The van der Waals surface area contributed by atoms with Crippen molar-refractivity contribution in [3.8, 4) is 0 Å². The van der Waals surface area contributed by atoms with Gasteiger partial charge >= 0.3 is 0 Å². The number of rotatable bonds is 4. The first kappa shape index (κ1) is 18.7. The third kappa shape index (κ3) is 3.67. The molecule has 0 radical (unpaired) electrons. The highest BCUT2D eigenvalue weighted by Gasteiger charge is 2.50. The summed E-state index contributed by atoms with van der Waals surface area (Å²) in [6.07, 6.45) is 2.23. The first-order valence-corrected chi connectivity index (χ1v) is 9.86. The molecule has 1 heterocycles. The molecule has 1 saturated heterocycles. The lowest BCUT2D eigenvalue weighted by atomic mass is 9.73. The van der Waals surface area contributed by atoms with Gasteiger partial charge in [0.15, 0.2) is 0 Å². The number of fused-ring (bicyclic) bond motifs is 1. The highest BCUT2D eigenvalue weighted by molar-refractivity contribution is 6.30. The second-order valence-corrected chi connectivity index (χ2v) is 7.89. The van der Waals surface area contributed by atoms with E-state index in [1.807, 2.05) is 18.2 Å². The van der Waals surface area contributed by atoms with Gasteiger partial charge in [-0.15, -0.1) is 0 Å². The van der Waals surface area contributed by atoms with Gasteiger partial charge < -0.3 is 5.32 Å². The molecule has 0 spiro atoms. The summed E-state index contributed by atoms with van der Waals surface area (Å²) in [7, 11) is 0. The van der Waals surface area contributed by atoms with E-state index in [9.17, 15) is 14.4 Å². The van der Waals surface area contributed by atoms with Gasteiger partial charge in [0.05, 0.1) is 11.8 Å². The van der Waals surface area contributed by atoms with E-state index in [0.29, 0.717) is 23.6 Å². The lowest BCUT2D eigenvalue weighted by molar-refractivity contribution is -0.142. The van der Waals surface area contributed by atoms with Gasteiger partial charge in [0.2, 0.25) is 17.7 Å². The number of likely N-dealkylation sites (tertiary alicyclic amines) is 1. The molecule has 0 unspecified atom stereocenters. The van der Waals surface area contributed by atoms with E-state index < -0.39 is 0 Å². The summed E-state index contributed by atoms with van der Waals surface area (Å²) >= 11 is 5.84. The molecule has 4 rings (SSSR count). The topological polar surface area (TPSA) is 66.5 Å². The SMILES string of the molecule is O=C(CN1C(=O)[C@H]2C[C@@H](c3ccccc3)CC[C@H]2C1=O)Nc1ccc(Cl)cc1. The summed E-state index contributed by atoms with van der Waals surface area (Å²) in [6, 6.07) is 16.8. The highest BCUT2D eigenvalue weighted by Crippen LogP contribution is 2.44. The van der Waals surface area contributed by atoms with Crippen molar-refractivity contribution in [2.75, 3.05) is 11.9 Å². The zero-order valence-corrected chi connectivity index (χ0v) is 16.1. The number of hydrogen-bond donors (Lipinski definition) is 1. The average Bonchev–Trinajstić information content (AvgIpc) is 2.95. The Morgan fingerprint density at radius 3 is 2.36 bits per heavy atom. The Labute approximate surface area is 168 Å². The quantitative estimate of drug-likeness (QED) is 0.798. The van der Waals surface area contributed by atoms with Gasteiger partial charge in [0, 0.05) is 10.7 Å². The van der Waals surface area contributed by atoms with Crippen LogP contribution in [0.2, 0.25) is 5.02 Å². The van der Waals surface area contributed by atoms with Crippen molar-refractivity contribution in [1.29, 1.82) is 0 Å². The molecule has 144 valence electrons. The van der Waals surface area contributed by atoms with Gasteiger partial charge in [-0.1, -0.05) is 41.9 Å². The molecule has 5 nitrogen and oxygen atoms in total. The lowest BCUT2D eigenvalue weighted by Gasteiger charge is -2.28. The summed E-state index contributed by atoms with van der Waals surface area (Å²) in [5, 5.41) is 3.28. The van der Waals surface area contributed by atoms with Crippen molar-refractivity contribution in [1.82, 2.24) is 4.90 Å². The van der Waals surface area contributed by atoms with E-state index in [1.54, 1.807) is 24.3 Å². The Kier molecular flexibility index (Phi) is 5.18. The fraction of sp³-hybridized carbons (Fsp3) is 0.318. The van der Waals surface area contributed by atoms with Crippen molar-refractivity contribution >= 4 is 35.0 Å². The van der Waals surface area contributed by atoms with Crippen molar-refractivity contribution in [2.24, 2.45) is 11.8 Å². The van der Waals surface area contributed by atoms with Crippen molar-refractivity contribution in [3.63, 3.8) is 0 Å². The molecule has 2 aromatic rings. The summed E-state index contributed by atoms with van der Waals surface area (Å²) in [4.78, 5) is 39.1. The Bertz CT molecular complexity index is 898. The van der Waals surface area contributed by atoms with E-state index in [4.69, 9.17) is 11.6 Å². The molecule has 3 atom stereocenters. The molecular weight excluding hydrogens is 376 g/mol. The van der Waals surface area contributed by atoms with E-state index in [-0.39, 0.29) is 42.0 Å². The number of hydrogen-bond acceptors (Lipinski definition) is 3. The second kappa shape index (κ2) is 7.76. The zero-order valence-electron chi connectivity index (χ0n) is 15.3. The monoisotopic (exact) mass is 396 g/mol. The maximum absolute atomic E-state index is 12.9. The average molecular weight is 397 g/mol. The first-order chi connectivity index (χ1) is 13.5. The molecule has 1 aliphatic heterocycles. The normalized spacial score (nSPS) is 24.2. The summed E-state index contributed by atoms with van der Waals surface area (Å²) in [5.41, 5.74) is 1.79. The molecule has 2 aromatic carbocycles. The van der Waals surface area contributed by atoms with Crippen LogP contribution in [0.15, 0.2) is 54.6 Å². The molecule has 0 aromatic heterocycles. The molecule has 0 bridgehead atoms. The van der Waals surface area contributed by atoms with Gasteiger partial charge in [0.25, 0.3) is 0 Å². The van der Waals surface area contributed by atoms with Gasteiger partial charge in [-0.05, 0) is 55.0 Å². The molecule has 28 heavy (non-hydrogen) atoms. The maximum atomic E-state index is 12.9. The molecule has 6 heteroatoms. The van der Waals surface area contributed by atoms with Crippen LogP contribution in [-0.4, -0.2) is 29.2 Å². The van der Waals surface area contributed by atoms with E-state index in [2.05, 4.69) is 17.4 Å². The molecule has 1 saturated carbocycles. The Hall–Kier alpha value is -2.66. The van der Waals surface area contributed by atoms with E-state index in [0.717, 1.165) is 11.3 Å². The fourth-order valence-corrected chi connectivity index (χ4v) is 4.44. The van der Waals surface area contributed by atoms with Gasteiger partial charge in [0.1, 0.15) is 6.54 Å². The van der Waals surface area contributed by atoms with Crippen LogP contribution in [0.3, 0.4) is 0 Å². The Balaban J connectivity index is 1.42. The van der Waals surface area contributed by atoms with Crippen LogP contribution in [0, 0.1) is 11.8 Å². The van der Waals surface area contributed by atoms with Crippen LogP contribution in [-0.2, 0) is 14.4 Å². The number of halogens is 1. The highest BCUT2D eigenvalue weighted by atomic mass is 35.5. The number of carbonyl (C=O) groups is 3. The summed E-state index contributed by atoms with van der Waals surface area (Å²) in [5.74, 6) is -1.16. The molecule has 2 aliphatic rings. The maximum Gasteiger partial charge on any atom is 0.244 e. The predicted octanol–water partition coefficient (Wildman–Crippen LogP) is 3.85. The summed E-state index contributed by atoms with van der Waals surface area (Å²) < 4.78 is 0. The van der Waals surface area contributed by atoms with Crippen LogP contribution >= 0.6 is 11.6 Å². The number of nitrogens with zero attached hydrogens (tertiary/aromatic N) is 1. The Morgan fingerprint density at radius 2 is 1.64 bits per heavy atom. The predicted molar refractivity (Wildman–Crippen MR) is 107 cm³/mol. The summed E-state index contributed by atoms with van der Waals surface area (Å²) in [6.45, 7) is -0.247. The molecular formula is C22H21ClN2O3. The molecule has 3 amide bonds. The number of nitrogens with one attached hydrogen (secondary N) is 1. The number of amides is 3. The zero-order chi connectivity index (χ0) is 19.7. The van der Waals surface area contributed by atoms with Crippen LogP contribution in [0.1, 0.15) is 30.7 Å². The molecule has 1 aliphatic carbocycles. The van der Waals surface area contributed by atoms with Crippen LogP contribution in [0.25, 0.3) is 0 Å². The number of benzene rings is 2. The number of imide groups is 1. The minimum absolute atomic E-state index is 0.215. The van der Waals surface area contributed by atoms with Crippen LogP contribution in [0.5, 0.6) is 0 Å². The number of carbonyl (C=O) groups excluding carboxylic acids is 3. The van der Waals surface area contributed by atoms with Gasteiger partial charge in [-0.3, -0.25) is 19.3 Å². The first-order valence-electron chi connectivity index (χ1n) is 9.48. The van der Waals surface area contributed by atoms with Gasteiger partial charge in [-0.2, -0.15) is 0 Å². The number of anilines is 1. The van der Waals surface area contributed by atoms with Crippen LogP contribution < -0.4 is 5.32 Å². The van der Waals surface area contributed by atoms with E-state index in [1.165, 1.54) is 5.56 Å².